The fourth-order valence-corrected chi connectivity index (χ4v) is 2.12. The molecular weight excluding hydrogens is 276 g/mol. The van der Waals surface area contributed by atoms with Crippen molar-refractivity contribution in [2.24, 2.45) is 7.05 Å². The van der Waals surface area contributed by atoms with Crippen molar-refractivity contribution >= 4 is 12.4 Å². The third-order valence-electron chi connectivity index (χ3n) is 3.55. The van der Waals surface area contributed by atoms with Gasteiger partial charge in [-0.15, -0.1) is 0 Å². The number of amides is 1. The monoisotopic (exact) mass is 298 g/mol. The molecule has 0 spiro atoms. The quantitative estimate of drug-likeness (QED) is 0.637. The van der Waals surface area contributed by atoms with Crippen molar-refractivity contribution in [3.05, 3.63) is 18.2 Å². The van der Waals surface area contributed by atoms with E-state index >= 15 is 0 Å². The number of nitrogens with one attached hydrogen (secondary N) is 1. The Hall–Kier alpha value is -1.93. The highest BCUT2D eigenvalue weighted by atomic mass is 16.3. The van der Waals surface area contributed by atoms with Crippen LogP contribution < -0.4 is 5.32 Å². The third kappa shape index (κ3) is 5.16. The van der Waals surface area contributed by atoms with E-state index in [-0.39, 0.29) is 12.4 Å². The first-order chi connectivity index (χ1) is 9.91. The summed E-state index contributed by atoms with van der Waals surface area (Å²) in [5.41, 5.74) is -0.271. The van der Waals surface area contributed by atoms with Gasteiger partial charge in [0.15, 0.2) is 0 Å². The van der Waals surface area contributed by atoms with Crippen molar-refractivity contribution < 1.29 is 19.8 Å². The van der Waals surface area contributed by atoms with Crippen molar-refractivity contribution in [2.75, 3.05) is 26.7 Å². The lowest BCUT2D eigenvalue weighted by Gasteiger charge is -2.36. The molecular formula is C13H22N4O4. The highest BCUT2D eigenvalue weighted by molar-refractivity contribution is 5.92. The van der Waals surface area contributed by atoms with E-state index in [1.807, 2.05) is 7.05 Å². The molecule has 1 aliphatic rings. The Kier molecular flexibility index (Phi) is 6.32. The van der Waals surface area contributed by atoms with Crippen LogP contribution >= 0.6 is 0 Å². The van der Waals surface area contributed by atoms with Gasteiger partial charge in [0.2, 0.25) is 0 Å². The van der Waals surface area contributed by atoms with E-state index < -0.39 is 5.60 Å². The van der Waals surface area contributed by atoms with Crippen LogP contribution in [0.5, 0.6) is 0 Å². The van der Waals surface area contributed by atoms with Crippen molar-refractivity contribution in [3.8, 4) is 0 Å². The van der Waals surface area contributed by atoms with E-state index in [2.05, 4.69) is 15.2 Å². The highest BCUT2D eigenvalue weighted by Gasteiger charge is 2.31. The van der Waals surface area contributed by atoms with Gasteiger partial charge in [-0.1, -0.05) is 0 Å². The van der Waals surface area contributed by atoms with Gasteiger partial charge < -0.3 is 25.0 Å². The first-order valence-corrected chi connectivity index (χ1v) is 6.65. The molecule has 0 radical (unpaired) electrons. The number of aliphatic hydroxyl groups is 1. The SMILES string of the molecule is CN1CCC(O)(CNC(=O)c2cncn2C)CC1.O=CO. The van der Waals surface area contributed by atoms with E-state index in [9.17, 15) is 9.90 Å². The van der Waals surface area contributed by atoms with Crippen molar-refractivity contribution in [1.82, 2.24) is 19.8 Å². The number of imidazole rings is 1. The lowest BCUT2D eigenvalue weighted by atomic mass is 9.91. The number of rotatable bonds is 3. The molecule has 1 aromatic rings. The number of carbonyl (C=O) groups excluding carboxylic acids is 1. The Morgan fingerprint density at radius 1 is 1.48 bits per heavy atom. The molecule has 21 heavy (non-hydrogen) atoms. The van der Waals surface area contributed by atoms with E-state index in [1.165, 1.54) is 6.20 Å². The van der Waals surface area contributed by atoms with Gasteiger partial charge in [-0.05, 0) is 19.9 Å². The first-order valence-electron chi connectivity index (χ1n) is 6.65. The zero-order valence-corrected chi connectivity index (χ0v) is 12.3. The number of likely N-dealkylation sites (tertiary alicyclic amines) is 1. The van der Waals surface area contributed by atoms with Gasteiger partial charge in [-0.25, -0.2) is 4.98 Å². The average Bonchev–Trinajstić information content (AvgIpc) is 2.87. The molecule has 2 rings (SSSR count). The molecule has 0 atom stereocenters. The Balaban J connectivity index is 0.000000677. The number of hydrogen-bond donors (Lipinski definition) is 3. The summed E-state index contributed by atoms with van der Waals surface area (Å²) in [5, 5.41) is 20.0. The molecule has 0 unspecified atom stereocenters. The zero-order valence-electron chi connectivity index (χ0n) is 12.3. The normalized spacial score (nSPS) is 17.5. The molecule has 1 aliphatic heterocycles. The van der Waals surface area contributed by atoms with Gasteiger partial charge in [0.25, 0.3) is 12.4 Å². The van der Waals surface area contributed by atoms with Crippen LogP contribution in [0.4, 0.5) is 0 Å². The standard InChI is InChI=1S/C12H20N4O2.CH2O2/c1-15-5-3-12(18,4-6-15)8-14-11(17)10-7-13-9-16(10)2;2-1-3/h7,9,18H,3-6,8H2,1-2H3,(H,14,17);1H,(H,2,3). The largest absolute Gasteiger partial charge is 0.483 e. The predicted molar refractivity (Wildman–Crippen MR) is 75.9 cm³/mol. The van der Waals surface area contributed by atoms with Crippen molar-refractivity contribution in [3.63, 3.8) is 0 Å². The first kappa shape index (κ1) is 17.1. The molecule has 3 N–H and O–H groups in total. The predicted octanol–water partition coefficient (Wildman–Crippen LogP) is -0.693. The van der Waals surface area contributed by atoms with Crippen LogP contribution in [0.1, 0.15) is 23.3 Å². The molecule has 8 nitrogen and oxygen atoms in total. The minimum absolute atomic E-state index is 0.192. The molecule has 0 bridgehead atoms. The van der Waals surface area contributed by atoms with Crippen LogP contribution in [0, 0.1) is 0 Å². The van der Waals surface area contributed by atoms with Crippen LogP contribution in [-0.4, -0.2) is 69.3 Å². The lowest BCUT2D eigenvalue weighted by Crippen LogP contribution is -2.50. The molecule has 8 heteroatoms. The number of carbonyl (C=O) groups is 2. The number of hydrogen-bond acceptors (Lipinski definition) is 5. The van der Waals surface area contributed by atoms with Crippen LogP contribution in [0.3, 0.4) is 0 Å². The topological polar surface area (TPSA) is 108 Å². The number of aromatic nitrogens is 2. The summed E-state index contributed by atoms with van der Waals surface area (Å²) < 4.78 is 1.66. The second kappa shape index (κ2) is 7.75. The van der Waals surface area contributed by atoms with Gasteiger partial charge in [0.05, 0.1) is 18.1 Å². The summed E-state index contributed by atoms with van der Waals surface area (Å²) in [6.45, 7) is 1.76. The Bertz CT molecular complexity index is 466. The summed E-state index contributed by atoms with van der Waals surface area (Å²) in [5.74, 6) is -0.192. The van der Waals surface area contributed by atoms with Crippen molar-refractivity contribution in [1.29, 1.82) is 0 Å². The molecule has 1 fully saturated rings. The molecule has 0 aliphatic carbocycles. The van der Waals surface area contributed by atoms with Gasteiger partial charge in [-0.3, -0.25) is 9.59 Å². The van der Waals surface area contributed by atoms with E-state index in [0.29, 0.717) is 25.1 Å². The summed E-state index contributed by atoms with van der Waals surface area (Å²) in [4.78, 5) is 26.3. The van der Waals surface area contributed by atoms with Gasteiger partial charge >= 0.3 is 0 Å². The van der Waals surface area contributed by atoms with E-state index in [4.69, 9.17) is 9.90 Å². The fraction of sp³-hybridized carbons (Fsp3) is 0.615. The summed E-state index contributed by atoms with van der Waals surface area (Å²) in [6, 6.07) is 0. The third-order valence-corrected chi connectivity index (χ3v) is 3.55. The van der Waals surface area contributed by atoms with Gasteiger partial charge in [-0.2, -0.15) is 0 Å². The molecule has 2 heterocycles. The van der Waals surface area contributed by atoms with E-state index in [1.54, 1.807) is 17.9 Å². The molecule has 118 valence electrons. The summed E-state index contributed by atoms with van der Waals surface area (Å²) in [7, 11) is 3.81. The van der Waals surface area contributed by atoms with Crippen LogP contribution in [0.15, 0.2) is 12.5 Å². The minimum Gasteiger partial charge on any atom is -0.483 e. The maximum Gasteiger partial charge on any atom is 0.290 e. The number of nitrogens with zero attached hydrogens (tertiary/aromatic N) is 3. The molecule has 0 aromatic carbocycles. The summed E-state index contributed by atoms with van der Waals surface area (Å²) in [6.07, 6.45) is 4.48. The minimum atomic E-state index is -0.777. The smallest absolute Gasteiger partial charge is 0.290 e. The van der Waals surface area contributed by atoms with Crippen LogP contribution in [0.25, 0.3) is 0 Å². The fourth-order valence-electron chi connectivity index (χ4n) is 2.12. The Morgan fingerprint density at radius 2 is 2.05 bits per heavy atom. The molecule has 1 aromatic heterocycles. The second-order valence-electron chi connectivity index (χ2n) is 5.21. The van der Waals surface area contributed by atoms with E-state index in [0.717, 1.165) is 13.1 Å². The number of aryl methyl sites for hydroxylation is 1. The van der Waals surface area contributed by atoms with Crippen LogP contribution in [0.2, 0.25) is 0 Å². The molecule has 1 saturated heterocycles. The molecule has 0 saturated carbocycles. The maximum atomic E-state index is 11.9. The highest BCUT2D eigenvalue weighted by Crippen LogP contribution is 2.20. The number of piperidine rings is 1. The lowest BCUT2D eigenvalue weighted by molar-refractivity contribution is -0.122. The maximum absolute atomic E-state index is 11.9. The van der Waals surface area contributed by atoms with Crippen LogP contribution in [-0.2, 0) is 11.8 Å². The second-order valence-corrected chi connectivity index (χ2v) is 5.21. The van der Waals surface area contributed by atoms with Gasteiger partial charge in [0.1, 0.15) is 5.69 Å². The number of carboxylic acid groups (broad SMARTS) is 1. The van der Waals surface area contributed by atoms with Gasteiger partial charge in [0, 0.05) is 26.7 Å². The average molecular weight is 298 g/mol. The molecule has 1 amide bonds. The summed E-state index contributed by atoms with van der Waals surface area (Å²) >= 11 is 0. The Morgan fingerprint density at radius 3 is 2.52 bits per heavy atom. The Labute approximate surface area is 123 Å². The van der Waals surface area contributed by atoms with Crippen molar-refractivity contribution in [2.45, 2.75) is 18.4 Å². The zero-order chi connectivity index (χ0) is 15.9.